The molecule has 0 spiro atoms. The molecular weight excluding hydrogens is 95.1 g/mol. The molecule has 26 valence electrons. The largest absolute Gasteiger partial charge is 1.00 e. The SMILES string of the molecule is [K+].[O-]CCO. The normalized spacial score (nSPS) is 6.00. The first-order valence-electron chi connectivity index (χ1n) is 1.10. The third kappa shape index (κ3) is 10.8. The predicted molar refractivity (Wildman–Crippen MR) is 12.0 cm³/mol. The second-order valence-electron chi connectivity index (χ2n) is 0.428. The summed E-state index contributed by atoms with van der Waals surface area (Å²) in [5.41, 5.74) is 0. The van der Waals surface area contributed by atoms with Crippen molar-refractivity contribution in [1.82, 2.24) is 0 Å². The Bertz CT molecular complexity index is 9.61. The van der Waals surface area contributed by atoms with Crippen molar-refractivity contribution < 1.29 is 61.6 Å². The van der Waals surface area contributed by atoms with Crippen LogP contribution in [-0.2, 0) is 0 Å². The van der Waals surface area contributed by atoms with E-state index in [1.165, 1.54) is 0 Å². The smallest absolute Gasteiger partial charge is 0.853 e. The first kappa shape index (κ1) is 9.75. The van der Waals surface area contributed by atoms with Gasteiger partial charge in [0.1, 0.15) is 0 Å². The second kappa shape index (κ2) is 9.12. The average molecular weight is 100 g/mol. The van der Waals surface area contributed by atoms with Crippen LogP contribution in [0.1, 0.15) is 0 Å². The minimum Gasteiger partial charge on any atom is -0.853 e. The van der Waals surface area contributed by atoms with E-state index in [1.54, 1.807) is 0 Å². The van der Waals surface area contributed by atoms with Crippen LogP contribution in [0.2, 0.25) is 0 Å². The van der Waals surface area contributed by atoms with E-state index in [0.717, 1.165) is 0 Å². The Balaban J connectivity index is 0. The van der Waals surface area contributed by atoms with Crippen LogP contribution in [0.4, 0.5) is 0 Å². The van der Waals surface area contributed by atoms with Gasteiger partial charge >= 0.3 is 51.4 Å². The first-order valence-corrected chi connectivity index (χ1v) is 1.10. The van der Waals surface area contributed by atoms with Crippen molar-refractivity contribution in [3.8, 4) is 0 Å². The van der Waals surface area contributed by atoms with Crippen LogP contribution in [0, 0.1) is 0 Å². The summed E-state index contributed by atoms with van der Waals surface area (Å²) < 4.78 is 0. The molecule has 0 bridgehead atoms. The second-order valence-corrected chi connectivity index (χ2v) is 0.428. The summed E-state index contributed by atoms with van der Waals surface area (Å²) >= 11 is 0. The van der Waals surface area contributed by atoms with Gasteiger partial charge in [-0.1, -0.05) is 0 Å². The van der Waals surface area contributed by atoms with Crippen LogP contribution in [0.3, 0.4) is 0 Å². The molecule has 5 heavy (non-hydrogen) atoms. The zero-order valence-corrected chi connectivity index (χ0v) is 6.39. The molecule has 0 fully saturated rings. The summed E-state index contributed by atoms with van der Waals surface area (Å²) in [7, 11) is 0. The molecule has 0 aliphatic carbocycles. The zero-order chi connectivity index (χ0) is 3.41. The number of aliphatic hydroxyl groups is 1. The van der Waals surface area contributed by atoms with Gasteiger partial charge in [0.15, 0.2) is 0 Å². The van der Waals surface area contributed by atoms with Gasteiger partial charge in [-0.15, -0.1) is 6.61 Å². The Labute approximate surface area is 73.6 Å². The number of aliphatic hydroxyl groups excluding tert-OH is 1. The van der Waals surface area contributed by atoms with Gasteiger partial charge in [0, 0.05) is 6.61 Å². The first-order chi connectivity index (χ1) is 1.91. The minimum absolute atomic E-state index is 0. The van der Waals surface area contributed by atoms with E-state index in [2.05, 4.69) is 0 Å². The maximum atomic E-state index is 9.05. The molecule has 0 saturated heterocycles. The van der Waals surface area contributed by atoms with E-state index in [0.29, 0.717) is 0 Å². The Morgan fingerprint density at radius 3 is 1.80 bits per heavy atom. The fraction of sp³-hybridized carbons (Fsp3) is 1.00. The fourth-order valence-electron chi connectivity index (χ4n) is 0. The maximum Gasteiger partial charge on any atom is 1.00 e. The number of rotatable bonds is 1. The van der Waals surface area contributed by atoms with Gasteiger partial charge in [0.25, 0.3) is 0 Å². The quantitative estimate of drug-likeness (QED) is 0.337. The van der Waals surface area contributed by atoms with Crippen molar-refractivity contribution in [2.75, 3.05) is 13.2 Å². The molecule has 0 aromatic rings. The number of hydrogen-bond acceptors (Lipinski definition) is 2. The third-order valence-electron chi connectivity index (χ3n) is 0.0913. The van der Waals surface area contributed by atoms with E-state index >= 15 is 0 Å². The van der Waals surface area contributed by atoms with Gasteiger partial charge in [0.2, 0.25) is 0 Å². The van der Waals surface area contributed by atoms with Gasteiger partial charge in [-0.2, -0.15) is 0 Å². The standard InChI is InChI=1S/C2H5O2.K/c3-1-2-4;/h3H,1-2H2;/q-1;+1. The van der Waals surface area contributed by atoms with Gasteiger partial charge in [-0.05, 0) is 0 Å². The minimum atomic E-state index is -0.375. The molecule has 2 nitrogen and oxygen atoms in total. The monoisotopic (exact) mass is 100.0 g/mol. The van der Waals surface area contributed by atoms with Crippen molar-refractivity contribution in [3.05, 3.63) is 0 Å². The third-order valence-corrected chi connectivity index (χ3v) is 0.0913. The van der Waals surface area contributed by atoms with Crippen molar-refractivity contribution >= 4 is 0 Å². The molecule has 0 heterocycles. The Kier molecular flexibility index (Phi) is 17.8. The average Bonchev–Trinajstić information content (AvgIpc) is 1.37. The molecule has 0 saturated carbocycles. The van der Waals surface area contributed by atoms with E-state index in [9.17, 15) is 0 Å². The summed E-state index contributed by atoms with van der Waals surface area (Å²) in [5.74, 6) is 0. The van der Waals surface area contributed by atoms with Crippen LogP contribution >= 0.6 is 0 Å². The van der Waals surface area contributed by atoms with Crippen LogP contribution in [0.5, 0.6) is 0 Å². The zero-order valence-electron chi connectivity index (χ0n) is 3.27. The molecule has 0 aromatic carbocycles. The maximum absolute atomic E-state index is 9.05. The summed E-state index contributed by atoms with van der Waals surface area (Å²) in [5, 5.41) is 16.6. The summed E-state index contributed by atoms with van der Waals surface area (Å²) in [4.78, 5) is 0. The molecule has 0 rings (SSSR count). The topological polar surface area (TPSA) is 43.3 Å². The van der Waals surface area contributed by atoms with Crippen molar-refractivity contribution in [1.29, 1.82) is 0 Å². The summed E-state index contributed by atoms with van der Waals surface area (Å²) in [6.45, 7) is -0.611. The van der Waals surface area contributed by atoms with E-state index in [1.807, 2.05) is 0 Å². The molecule has 0 amide bonds. The van der Waals surface area contributed by atoms with E-state index in [4.69, 9.17) is 10.2 Å². The molecule has 0 atom stereocenters. The molecule has 0 aromatic heterocycles. The summed E-state index contributed by atoms with van der Waals surface area (Å²) in [6.07, 6.45) is 0. The van der Waals surface area contributed by atoms with Gasteiger partial charge in [-0.3, -0.25) is 0 Å². The van der Waals surface area contributed by atoms with Gasteiger partial charge in [-0.25, -0.2) is 0 Å². The molecule has 3 heteroatoms. The molecule has 1 N–H and O–H groups in total. The van der Waals surface area contributed by atoms with E-state index < -0.39 is 0 Å². The fourth-order valence-corrected chi connectivity index (χ4v) is 0. The predicted octanol–water partition coefficient (Wildman–Crippen LogP) is -4.66. The Morgan fingerprint density at radius 2 is 1.80 bits per heavy atom. The Morgan fingerprint density at radius 1 is 1.60 bits per heavy atom. The van der Waals surface area contributed by atoms with Gasteiger partial charge in [0.05, 0.1) is 0 Å². The van der Waals surface area contributed by atoms with Crippen molar-refractivity contribution in [2.45, 2.75) is 0 Å². The molecular formula is C2H5KO2. The van der Waals surface area contributed by atoms with Crippen LogP contribution in [0.25, 0.3) is 0 Å². The number of hydrogen-bond donors (Lipinski definition) is 1. The van der Waals surface area contributed by atoms with Crippen molar-refractivity contribution in [3.63, 3.8) is 0 Å². The molecule has 0 aliphatic rings. The molecule has 0 aliphatic heterocycles. The van der Waals surface area contributed by atoms with Crippen LogP contribution in [0.15, 0.2) is 0 Å². The Hall–Kier alpha value is 1.56. The van der Waals surface area contributed by atoms with Gasteiger partial charge < -0.3 is 10.2 Å². The van der Waals surface area contributed by atoms with Crippen LogP contribution < -0.4 is 56.5 Å². The molecule has 0 unspecified atom stereocenters. The molecule has 0 radical (unpaired) electrons. The summed E-state index contributed by atoms with van der Waals surface area (Å²) in [6, 6.07) is 0. The van der Waals surface area contributed by atoms with E-state index in [-0.39, 0.29) is 64.6 Å². The van der Waals surface area contributed by atoms with Crippen molar-refractivity contribution in [2.24, 2.45) is 0 Å². The van der Waals surface area contributed by atoms with Crippen LogP contribution in [-0.4, -0.2) is 18.3 Å².